The molecule has 0 bridgehead atoms. The maximum atomic E-state index is 12.6. The molecule has 0 atom stereocenters. The summed E-state index contributed by atoms with van der Waals surface area (Å²) in [5.41, 5.74) is 3.19. The lowest BCUT2D eigenvalue weighted by atomic mass is 10.1. The number of carbonyl (C=O) groups is 1. The molecule has 0 aliphatic rings. The fourth-order valence-corrected chi connectivity index (χ4v) is 2.83. The van der Waals surface area contributed by atoms with Crippen molar-refractivity contribution in [3.8, 4) is 5.69 Å². The van der Waals surface area contributed by atoms with Gasteiger partial charge in [-0.3, -0.25) is 4.79 Å². The van der Waals surface area contributed by atoms with Crippen LogP contribution in [-0.4, -0.2) is 33.7 Å². The van der Waals surface area contributed by atoms with Crippen molar-refractivity contribution >= 4 is 5.91 Å². The van der Waals surface area contributed by atoms with E-state index in [1.54, 1.807) is 6.20 Å². The van der Waals surface area contributed by atoms with Crippen molar-refractivity contribution in [2.75, 3.05) is 13.1 Å². The lowest BCUT2D eigenvalue weighted by Crippen LogP contribution is -2.33. The van der Waals surface area contributed by atoms with Crippen LogP contribution in [-0.2, 0) is 17.6 Å². The van der Waals surface area contributed by atoms with Crippen LogP contribution in [0.15, 0.2) is 73.1 Å². The summed E-state index contributed by atoms with van der Waals surface area (Å²) in [5.74, 6) is 0.144. The summed E-state index contributed by atoms with van der Waals surface area (Å²) in [5, 5.41) is 4.36. The molecule has 25 heavy (non-hydrogen) atoms. The number of likely N-dealkylation sites (N-methyl/N-ethyl adjacent to an activating group) is 1. The molecule has 128 valence electrons. The van der Waals surface area contributed by atoms with Gasteiger partial charge in [-0.2, -0.15) is 5.10 Å². The summed E-state index contributed by atoms with van der Waals surface area (Å²) in [4.78, 5) is 14.5. The SMILES string of the molecule is CCN(CCc1ccccc1)C(=O)Cc1cnn(-c2ccccc2)c1. The first-order valence-electron chi connectivity index (χ1n) is 8.67. The quantitative estimate of drug-likeness (QED) is 0.664. The number of nitrogens with zero attached hydrogens (tertiary/aromatic N) is 3. The summed E-state index contributed by atoms with van der Waals surface area (Å²) < 4.78 is 1.81. The third-order valence-corrected chi connectivity index (χ3v) is 4.26. The molecule has 1 amide bonds. The van der Waals surface area contributed by atoms with Gasteiger partial charge >= 0.3 is 0 Å². The maximum Gasteiger partial charge on any atom is 0.227 e. The molecular weight excluding hydrogens is 310 g/mol. The van der Waals surface area contributed by atoms with Crippen LogP contribution in [0.2, 0.25) is 0 Å². The standard InChI is InChI=1S/C21H23N3O/c1-2-23(14-13-18-9-5-3-6-10-18)21(25)15-19-16-22-24(17-19)20-11-7-4-8-12-20/h3-12,16-17H,2,13-15H2,1H3. The van der Waals surface area contributed by atoms with E-state index < -0.39 is 0 Å². The Balaban J connectivity index is 1.59. The lowest BCUT2D eigenvalue weighted by Gasteiger charge is -2.20. The molecule has 0 saturated carbocycles. The zero-order valence-electron chi connectivity index (χ0n) is 14.5. The number of para-hydroxylation sites is 1. The van der Waals surface area contributed by atoms with Crippen molar-refractivity contribution in [2.45, 2.75) is 19.8 Å². The molecule has 0 aliphatic carbocycles. The van der Waals surface area contributed by atoms with Gasteiger partial charge < -0.3 is 4.90 Å². The minimum absolute atomic E-state index is 0.144. The van der Waals surface area contributed by atoms with Crippen molar-refractivity contribution in [2.24, 2.45) is 0 Å². The maximum absolute atomic E-state index is 12.6. The zero-order valence-corrected chi connectivity index (χ0v) is 14.5. The van der Waals surface area contributed by atoms with Crippen LogP contribution in [0.3, 0.4) is 0 Å². The molecule has 3 rings (SSSR count). The predicted octanol–water partition coefficient (Wildman–Crippen LogP) is 3.51. The van der Waals surface area contributed by atoms with Crippen LogP contribution in [0, 0.1) is 0 Å². The van der Waals surface area contributed by atoms with Gasteiger partial charge in [0.25, 0.3) is 0 Å². The molecule has 4 heteroatoms. The molecule has 0 unspecified atom stereocenters. The summed E-state index contributed by atoms with van der Waals surface area (Å²) >= 11 is 0. The van der Waals surface area contributed by atoms with Gasteiger partial charge in [0.1, 0.15) is 0 Å². The average molecular weight is 333 g/mol. The molecule has 0 fully saturated rings. The molecule has 2 aromatic carbocycles. The monoisotopic (exact) mass is 333 g/mol. The van der Waals surface area contributed by atoms with E-state index in [4.69, 9.17) is 0 Å². The zero-order chi connectivity index (χ0) is 17.5. The number of aromatic nitrogens is 2. The molecule has 1 heterocycles. The summed E-state index contributed by atoms with van der Waals surface area (Å²) in [7, 11) is 0. The molecule has 4 nitrogen and oxygen atoms in total. The van der Waals surface area contributed by atoms with Crippen molar-refractivity contribution in [1.29, 1.82) is 0 Å². The predicted molar refractivity (Wildman–Crippen MR) is 99.7 cm³/mol. The molecule has 0 aliphatic heterocycles. The Kier molecular flexibility index (Phi) is 5.62. The van der Waals surface area contributed by atoms with E-state index in [1.807, 2.05) is 71.2 Å². The third kappa shape index (κ3) is 4.57. The number of benzene rings is 2. The second-order valence-corrected chi connectivity index (χ2v) is 6.01. The highest BCUT2D eigenvalue weighted by atomic mass is 16.2. The second-order valence-electron chi connectivity index (χ2n) is 6.01. The Morgan fingerprint density at radius 1 is 1.00 bits per heavy atom. The van der Waals surface area contributed by atoms with E-state index >= 15 is 0 Å². The molecule has 1 aromatic heterocycles. The van der Waals surface area contributed by atoms with Gasteiger partial charge in [0.2, 0.25) is 5.91 Å². The molecular formula is C21H23N3O. The second kappa shape index (κ2) is 8.29. The first kappa shape index (κ1) is 17.0. The molecule has 0 radical (unpaired) electrons. The van der Waals surface area contributed by atoms with E-state index in [0.29, 0.717) is 6.42 Å². The van der Waals surface area contributed by atoms with Crippen LogP contribution >= 0.6 is 0 Å². The number of rotatable bonds is 7. The smallest absolute Gasteiger partial charge is 0.227 e. The highest BCUT2D eigenvalue weighted by Crippen LogP contribution is 2.10. The lowest BCUT2D eigenvalue weighted by molar-refractivity contribution is -0.130. The molecule has 0 N–H and O–H groups in total. The van der Waals surface area contributed by atoms with Crippen LogP contribution < -0.4 is 0 Å². The fourth-order valence-electron chi connectivity index (χ4n) is 2.83. The van der Waals surface area contributed by atoms with Crippen LogP contribution in [0.4, 0.5) is 0 Å². The highest BCUT2D eigenvalue weighted by molar-refractivity contribution is 5.78. The van der Waals surface area contributed by atoms with Crippen molar-refractivity contribution in [3.63, 3.8) is 0 Å². The van der Waals surface area contributed by atoms with E-state index in [0.717, 1.165) is 30.8 Å². The van der Waals surface area contributed by atoms with E-state index in [-0.39, 0.29) is 5.91 Å². The Hall–Kier alpha value is -2.88. The first-order chi connectivity index (χ1) is 12.3. The average Bonchev–Trinajstić information content (AvgIpc) is 3.12. The van der Waals surface area contributed by atoms with Gasteiger partial charge in [0, 0.05) is 19.3 Å². The topological polar surface area (TPSA) is 38.1 Å². The summed E-state index contributed by atoms with van der Waals surface area (Å²) in [6.45, 7) is 3.49. The van der Waals surface area contributed by atoms with Gasteiger partial charge in [-0.15, -0.1) is 0 Å². The van der Waals surface area contributed by atoms with Crippen molar-refractivity contribution in [3.05, 3.63) is 84.2 Å². The number of hydrogen-bond donors (Lipinski definition) is 0. The van der Waals surface area contributed by atoms with Gasteiger partial charge in [0.05, 0.1) is 18.3 Å². The first-order valence-corrected chi connectivity index (χ1v) is 8.67. The Morgan fingerprint density at radius 2 is 1.68 bits per heavy atom. The van der Waals surface area contributed by atoms with Gasteiger partial charge in [-0.25, -0.2) is 4.68 Å². The Labute approximate surface area is 148 Å². The van der Waals surface area contributed by atoms with E-state index in [2.05, 4.69) is 17.2 Å². The van der Waals surface area contributed by atoms with Crippen molar-refractivity contribution < 1.29 is 4.79 Å². The van der Waals surface area contributed by atoms with Gasteiger partial charge in [-0.05, 0) is 36.6 Å². The van der Waals surface area contributed by atoms with Crippen LogP contribution in [0.25, 0.3) is 5.69 Å². The Bertz CT molecular complexity index is 796. The molecule has 0 saturated heterocycles. The van der Waals surface area contributed by atoms with Crippen LogP contribution in [0.5, 0.6) is 0 Å². The summed E-state index contributed by atoms with van der Waals surface area (Å²) in [6, 6.07) is 20.2. The molecule has 3 aromatic rings. The van der Waals surface area contributed by atoms with Gasteiger partial charge in [0.15, 0.2) is 0 Å². The summed E-state index contributed by atoms with van der Waals surface area (Å²) in [6.07, 6.45) is 4.97. The highest BCUT2D eigenvalue weighted by Gasteiger charge is 2.13. The largest absolute Gasteiger partial charge is 0.342 e. The minimum Gasteiger partial charge on any atom is -0.342 e. The fraction of sp³-hybridized carbons (Fsp3) is 0.238. The number of hydrogen-bond acceptors (Lipinski definition) is 2. The van der Waals surface area contributed by atoms with E-state index in [9.17, 15) is 4.79 Å². The number of amides is 1. The van der Waals surface area contributed by atoms with Crippen molar-refractivity contribution in [1.82, 2.24) is 14.7 Å². The normalized spacial score (nSPS) is 10.6. The van der Waals surface area contributed by atoms with Gasteiger partial charge in [-0.1, -0.05) is 48.5 Å². The van der Waals surface area contributed by atoms with Crippen LogP contribution in [0.1, 0.15) is 18.1 Å². The number of carbonyl (C=O) groups excluding carboxylic acids is 1. The van der Waals surface area contributed by atoms with E-state index in [1.165, 1.54) is 5.56 Å². The molecule has 0 spiro atoms. The Morgan fingerprint density at radius 3 is 2.36 bits per heavy atom. The minimum atomic E-state index is 0.144. The third-order valence-electron chi connectivity index (χ3n) is 4.26.